The van der Waals surface area contributed by atoms with Crippen LogP contribution in [0.15, 0.2) is 30.3 Å². The summed E-state index contributed by atoms with van der Waals surface area (Å²) in [5, 5.41) is 0. The van der Waals surface area contributed by atoms with E-state index in [1.165, 1.54) is 37.9 Å². The molecule has 0 amide bonds. The average molecular weight is 234 g/mol. The van der Waals surface area contributed by atoms with E-state index in [0.717, 1.165) is 13.1 Å². The van der Waals surface area contributed by atoms with Gasteiger partial charge in [-0.05, 0) is 31.5 Å². The molecule has 3 heteroatoms. The summed E-state index contributed by atoms with van der Waals surface area (Å²) in [7, 11) is 0. The Balaban J connectivity index is 1.51. The van der Waals surface area contributed by atoms with Gasteiger partial charge in [0.2, 0.25) is 0 Å². The molecular formula is C14H22N2O. The minimum atomic E-state index is 0.640. The molecule has 0 atom stereocenters. The molecule has 0 radical (unpaired) electrons. The first-order valence-electron chi connectivity index (χ1n) is 6.56. The predicted molar refractivity (Wildman–Crippen MR) is 69.5 cm³/mol. The van der Waals surface area contributed by atoms with Crippen LogP contribution in [0.5, 0.6) is 0 Å². The Kier molecular flexibility index (Phi) is 5.49. The van der Waals surface area contributed by atoms with Gasteiger partial charge < -0.3 is 4.90 Å². The summed E-state index contributed by atoms with van der Waals surface area (Å²) in [4.78, 5) is 7.94. The van der Waals surface area contributed by atoms with Crippen molar-refractivity contribution < 1.29 is 4.84 Å². The molecule has 1 fully saturated rings. The molecule has 94 valence electrons. The van der Waals surface area contributed by atoms with Gasteiger partial charge in [0.25, 0.3) is 0 Å². The van der Waals surface area contributed by atoms with Gasteiger partial charge in [-0.1, -0.05) is 36.8 Å². The highest BCUT2D eigenvalue weighted by atomic mass is 16.6. The van der Waals surface area contributed by atoms with Gasteiger partial charge in [-0.15, -0.1) is 0 Å². The standard InChI is InChI=1S/C14H22N2O/c1-3-7-14(8-4-1)13-17-15-9-12-16-10-5-2-6-11-16/h1,3-4,7-8,15H,2,5-6,9-13H2. The lowest BCUT2D eigenvalue weighted by Crippen LogP contribution is -2.35. The van der Waals surface area contributed by atoms with Crippen LogP contribution in [-0.4, -0.2) is 31.1 Å². The van der Waals surface area contributed by atoms with Gasteiger partial charge in [0.05, 0.1) is 6.61 Å². The number of hydrogen-bond donors (Lipinski definition) is 1. The van der Waals surface area contributed by atoms with Crippen LogP contribution >= 0.6 is 0 Å². The van der Waals surface area contributed by atoms with Crippen molar-refractivity contribution in [2.75, 3.05) is 26.2 Å². The molecule has 1 aliphatic rings. The number of hydrogen-bond acceptors (Lipinski definition) is 3. The van der Waals surface area contributed by atoms with Gasteiger partial charge in [0.15, 0.2) is 0 Å². The second-order valence-electron chi connectivity index (χ2n) is 4.57. The van der Waals surface area contributed by atoms with E-state index in [2.05, 4.69) is 22.5 Å². The molecule has 0 bridgehead atoms. The maximum atomic E-state index is 5.43. The second kappa shape index (κ2) is 7.43. The monoisotopic (exact) mass is 234 g/mol. The molecular weight excluding hydrogens is 212 g/mol. The lowest BCUT2D eigenvalue weighted by atomic mass is 10.1. The molecule has 1 heterocycles. The first-order chi connectivity index (χ1) is 8.45. The maximum Gasteiger partial charge on any atom is 0.0933 e. The van der Waals surface area contributed by atoms with E-state index in [4.69, 9.17) is 4.84 Å². The zero-order valence-corrected chi connectivity index (χ0v) is 10.4. The summed E-state index contributed by atoms with van der Waals surface area (Å²) in [6, 6.07) is 10.2. The van der Waals surface area contributed by atoms with E-state index in [0.29, 0.717) is 6.61 Å². The molecule has 0 aliphatic carbocycles. The van der Waals surface area contributed by atoms with E-state index in [9.17, 15) is 0 Å². The Hall–Kier alpha value is -0.900. The SMILES string of the molecule is c1ccc(CONCCN2CCCCC2)cc1. The van der Waals surface area contributed by atoms with Crippen molar-refractivity contribution >= 4 is 0 Å². The normalized spacial score (nSPS) is 17.2. The number of hydroxylamine groups is 1. The van der Waals surface area contributed by atoms with E-state index < -0.39 is 0 Å². The van der Waals surface area contributed by atoms with Gasteiger partial charge >= 0.3 is 0 Å². The third-order valence-electron chi connectivity index (χ3n) is 3.16. The van der Waals surface area contributed by atoms with E-state index >= 15 is 0 Å². The molecule has 1 saturated heterocycles. The van der Waals surface area contributed by atoms with Crippen LogP contribution in [0.25, 0.3) is 0 Å². The van der Waals surface area contributed by atoms with Crippen LogP contribution in [-0.2, 0) is 11.4 Å². The zero-order chi connectivity index (χ0) is 11.8. The lowest BCUT2D eigenvalue weighted by Gasteiger charge is -2.26. The summed E-state index contributed by atoms with van der Waals surface area (Å²) in [6.07, 6.45) is 4.10. The largest absolute Gasteiger partial charge is 0.302 e. The van der Waals surface area contributed by atoms with Crippen LogP contribution in [0.1, 0.15) is 24.8 Å². The Bertz CT molecular complexity index is 296. The number of piperidine rings is 1. The Morgan fingerprint density at radius 3 is 2.59 bits per heavy atom. The smallest absolute Gasteiger partial charge is 0.0933 e. The summed E-state index contributed by atoms with van der Waals surface area (Å²) < 4.78 is 0. The minimum Gasteiger partial charge on any atom is -0.302 e. The Morgan fingerprint density at radius 2 is 1.82 bits per heavy atom. The zero-order valence-electron chi connectivity index (χ0n) is 10.4. The highest BCUT2D eigenvalue weighted by Gasteiger charge is 2.08. The van der Waals surface area contributed by atoms with Crippen LogP contribution in [0.2, 0.25) is 0 Å². The van der Waals surface area contributed by atoms with Gasteiger partial charge in [-0.3, -0.25) is 4.84 Å². The van der Waals surface area contributed by atoms with Gasteiger partial charge in [0, 0.05) is 13.1 Å². The fraction of sp³-hybridized carbons (Fsp3) is 0.571. The molecule has 1 aromatic rings. The van der Waals surface area contributed by atoms with Crippen molar-refractivity contribution in [3.05, 3.63) is 35.9 Å². The van der Waals surface area contributed by atoms with E-state index in [1.54, 1.807) is 0 Å². The van der Waals surface area contributed by atoms with E-state index in [1.807, 2.05) is 18.2 Å². The van der Waals surface area contributed by atoms with Crippen molar-refractivity contribution in [2.24, 2.45) is 0 Å². The lowest BCUT2D eigenvalue weighted by molar-refractivity contribution is 0.0219. The Morgan fingerprint density at radius 1 is 1.06 bits per heavy atom. The minimum absolute atomic E-state index is 0.640. The van der Waals surface area contributed by atoms with Crippen molar-refractivity contribution in [1.82, 2.24) is 10.4 Å². The topological polar surface area (TPSA) is 24.5 Å². The molecule has 2 rings (SSSR count). The van der Waals surface area contributed by atoms with Crippen LogP contribution < -0.4 is 5.48 Å². The van der Waals surface area contributed by atoms with Crippen LogP contribution in [0.4, 0.5) is 0 Å². The summed E-state index contributed by atoms with van der Waals surface area (Å²) >= 11 is 0. The van der Waals surface area contributed by atoms with Gasteiger partial charge in [0.1, 0.15) is 0 Å². The highest BCUT2D eigenvalue weighted by Crippen LogP contribution is 2.07. The molecule has 1 aromatic carbocycles. The number of nitrogens with zero attached hydrogens (tertiary/aromatic N) is 1. The first kappa shape index (κ1) is 12.6. The number of rotatable bonds is 6. The van der Waals surface area contributed by atoms with Crippen molar-refractivity contribution in [3.8, 4) is 0 Å². The molecule has 0 unspecified atom stereocenters. The van der Waals surface area contributed by atoms with E-state index in [-0.39, 0.29) is 0 Å². The van der Waals surface area contributed by atoms with Crippen molar-refractivity contribution in [3.63, 3.8) is 0 Å². The molecule has 0 saturated carbocycles. The third-order valence-corrected chi connectivity index (χ3v) is 3.16. The molecule has 3 nitrogen and oxygen atoms in total. The van der Waals surface area contributed by atoms with Crippen LogP contribution in [0.3, 0.4) is 0 Å². The van der Waals surface area contributed by atoms with Crippen molar-refractivity contribution in [1.29, 1.82) is 0 Å². The third kappa shape index (κ3) is 4.86. The predicted octanol–water partition coefficient (Wildman–Crippen LogP) is 2.19. The number of nitrogens with one attached hydrogen (secondary N) is 1. The van der Waals surface area contributed by atoms with Gasteiger partial charge in [-0.2, -0.15) is 0 Å². The first-order valence-corrected chi connectivity index (χ1v) is 6.56. The summed E-state index contributed by atoms with van der Waals surface area (Å²) in [5.41, 5.74) is 4.25. The average Bonchev–Trinajstić information content (AvgIpc) is 2.41. The van der Waals surface area contributed by atoms with Crippen LogP contribution in [0, 0.1) is 0 Å². The summed E-state index contributed by atoms with van der Waals surface area (Å²) in [5.74, 6) is 0. The quantitative estimate of drug-likeness (QED) is 0.603. The van der Waals surface area contributed by atoms with Gasteiger partial charge in [-0.25, -0.2) is 5.48 Å². The van der Waals surface area contributed by atoms with Crippen molar-refractivity contribution in [2.45, 2.75) is 25.9 Å². The number of benzene rings is 1. The number of likely N-dealkylation sites (tertiary alicyclic amines) is 1. The molecule has 1 N–H and O–H groups in total. The summed E-state index contributed by atoms with van der Waals surface area (Å²) in [6.45, 7) is 5.14. The Labute approximate surface area is 104 Å². The molecule has 17 heavy (non-hydrogen) atoms. The fourth-order valence-corrected chi connectivity index (χ4v) is 2.17. The highest BCUT2D eigenvalue weighted by molar-refractivity contribution is 5.13. The maximum absolute atomic E-state index is 5.43. The molecule has 0 aromatic heterocycles. The molecule has 1 aliphatic heterocycles. The second-order valence-corrected chi connectivity index (χ2v) is 4.57. The molecule has 0 spiro atoms. The fourth-order valence-electron chi connectivity index (χ4n) is 2.17.